The van der Waals surface area contributed by atoms with Crippen LogP contribution in [0.3, 0.4) is 0 Å². The van der Waals surface area contributed by atoms with Crippen molar-refractivity contribution in [3.05, 3.63) is 17.6 Å². The zero-order valence-corrected chi connectivity index (χ0v) is 26.5. The van der Waals surface area contributed by atoms with Gasteiger partial charge < -0.3 is 29.9 Å². The van der Waals surface area contributed by atoms with E-state index >= 15 is 0 Å². The molecule has 0 aliphatic carbocycles. The number of carbonyl (C=O) groups excluding carboxylic acids is 2. The number of likely N-dealkylation sites (tertiary alicyclic amines) is 1. The molecule has 3 amide bonds. The molecule has 2 aliphatic heterocycles. The molecule has 2 atom stereocenters. The molecule has 14 heteroatoms. The van der Waals surface area contributed by atoms with E-state index in [1.165, 1.54) is 11.1 Å². The largest absolute Gasteiger partial charge is 0.465 e. The van der Waals surface area contributed by atoms with Crippen molar-refractivity contribution in [3.63, 3.8) is 0 Å². The summed E-state index contributed by atoms with van der Waals surface area (Å²) in [6, 6.07) is -0.549. The van der Waals surface area contributed by atoms with Crippen LogP contribution in [-0.2, 0) is 14.9 Å². The molecule has 2 aliphatic rings. The number of nitrogens with one attached hydrogen (secondary N) is 1. The van der Waals surface area contributed by atoms with Gasteiger partial charge in [-0.1, -0.05) is 34.6 Å². The summed E-state index contributed by atoms with van der Waals surface area (Å²) < 4.78 is 25.1. The summed E-state index contributed by atoms with van der Waals surface area (Å²) in [7, 11) is -1.06. The summed E-state index contributed by atoms with van der Waals surface area (Å²) >= 11 is 0. The lowest BCUT2D eigenvalue weighted by Gasteiger charge is -2.45. The fraction of sp³-hybridized carbons (Fsp3) is 0.750. The molecule has 0 spiro atoms. The maximum atomic E-state index is 14.2. The molecule has 0 aromatic carbocycles. The Balaban J connectivity index is 1.93. The highest BCUT2D eigenvalue weighted by atomic mass is 32.3. The summed E-state index contributed by atoms with van der Waals surface area (Å²) in [6.07, 6.45) is 1.39. The van der Waals surface area contributed by atoms with Crippen molar-refractivity contribution in [1.29, 1.82) is 0 Å². The summed E-state index contributed by atoms with van der Waals surface area (Å²) in [5.74, 6) is 0.0834. The second-order valence-electron chi connectivity index (χ2n) is 12.6. The SMILES string of the molecule is COCCCNc1nc(C(C)(C)C)ncc1C(=O)N(CC(C)C)[C@H]1C[C@@H](C(=O)N2CCS(O)(O)CC2)CN(C(=O)O)C1. The average Bonchev–Trinajstić information content (AvgIpc) is 2.92. The van der Waals surface area contributed by atoms with Gasteiger partial charge in [-0.05, 0) is 18.8 Å². The monoisotopic (exact) mass is 612 g/mol. The van der Waals surface area contributed by atoms with Crippen molar-refractivity contribution >= 4 is 34.3 Å². The van der Waals surface area contributed by atoms with Crippen LogP contribution < -0.4 is 5.32 Å². The number of piperidine rings is 1. The number of carbonyl (C=O) groups is 3. The molecule has 4 N–H and O–H groups in total. The van der Waals surface area contributed by atoms with E-state index in [1.54, 1.807) is 16.9 Å². The molecule has 2 fully saturated rings. The van der Waals surface area contributed by atoms with Crippen molar-refractivity contribution in [1.82, 2.24) is 24.7 Å². The fourth-order valence-electron chi connectivity index (χ4n) is 5.24. The predicted molar refractivity (Wildman–Crippen MR) is 162 cm³/mol. The van der Waals surface area contributed by atoms with Crippen molar-refractivity contribution in [3.8, 4) is 0 Å². The van der Waals surface area contributed by atoms with Crippen LogP contribution in [-0.4, -0.2) is 127 Å². The molecule has 42 heavy (non-hydrogen) atoms. The Bertz CT molecular complexity index is 1100. The first-order valence-corrected chi connectivity index (χ1v) is 16.4. The Morgan fingerprint density at radius 1 is 1.17 bits per heavy atom. The standard InChI is InChI=1S/C28H48N6O7S/c1-19(2)16-34(25(36)22-15-30-26(28(3,4)5)31-23(22)29-8-7-11-41-6)21-14-20(17-33(18-21)27(37)38)24(35)32-9-12-42(39,40)13-10-32/h15,19-21,39-40H,7-14,16-18H2,1-6H3,(H,37,38)(H,29,30,31)/t20-,21+/m1/s1. The first-order chi connectivity index (χ1) is 19.6. The van der Waals surface area contributed by atoms with Gasteiger partial charge >= 0.3 is 6.09 Å². The number of rotatable bonds is 10. The lowest BCUT2D eigenvalue weighted by molar-refractivity contribution is -0.137. The first-order valence-electron chi connectivity index (χ1n) is 14.5. The number of methoxy groups -OCH3 is 1. The van der Waals surface area contributed by atoms with Gasteiger partial charge in [0, 0.05) is 64.6 Å². The number of carboxylic acid groups (broad SMARTS) is 1. The number of ether oxygens (including phenoxy) is 1. The van der Waals surface area contributed by atoms with Gasteiger partial charge in [0.25, 0.3) is 5.91 Å². The molecule has 1 aromatic heterocycles. The van der Waals surface area contributed by atoms with E-state index in [0.717, 1.165) is 0 Å². The number of hydrogen-bond acceptors (Lipinski definition) is 9. The summed E-state index contributed by atoms with van der Waals surface area (Å²) in [5, 5.41) is 13.2. The Kier molecular flexibility index (Phi) is 11.4. The van der Waals surface area contributed by atoms with Crippen molar-refractivity contribution < 1.29 is 33.3 Å². The van der Waals surface area contributed by atoms with Gasteiger partial charge in [0.1, 0.15) is 17.2 Å². The van der Waals surface area contributed by atoms with E-state index in [4.69, 9.17) is 9.72 Å². The molecule has 238 valence electrons. The minimum absolute atomic E-state index is 0.0246. The van der Waals surface area contributed by atoms with Gasteiger partial charge in [0.2, 0.25) is 5.91 Å². The van der Waals surface area contributed by atoms with E-state index in [9.17, 15) is 28.6 Å². The van der Waals surface area contributed by atoms with E-state index in [0.29, 0.717) is 44.2 Å². The molecule has 0 saturated carbocycles. The fourth-order valence-corrected chi connectivity index (χ4v) is 6.47. The van der Waals surface area contributed by atoms with Crippen molar-refractivity contribution in [2.24, 2.45) is 11.8 Å². The topological polar surface area (TPSA) is 169 Å². The van der Waals surface area contributed by atoms with Crippen LogP contribution in [0.1, 0.15) is 63.6 Å². The molecule has 1 aromatic rings. The van der Waals surface area contributed by atoms with E-state index < -0.39 is 28.6 Å². The van der Waals surface area contributed by atoms with Crippen LogP contribution >= 0.6 is 10.6 Å². The van der Waals surface area contributed by atoms with E-state index in [2.05, 4.69) is 10.3 Å². The van der Waals surface area contributed by atoms with E-state index in [1.807, 2.05) is 34.6 Å². The Morgan fingerprint density at radius 2 is 1.83 bits per heavy atom. The lowest BCUT2D eigenvalue weighted by Crippen LogP contribution is -2.58. The third kappa shape index (κ3) is 8.91. The van der Waals surface area contributed by atoms with Crippen molar-refractivity contribution in [2.75, 3.05) is 69.8 Å². The van der Waals surface area contributed by atoms with Gasteiger partial charge in [-0.15, -0.1) is 0 Å². The molecule has 2 saturated heterocycles. The molecule has 3 rings (SSSR count). The zero-order chi connectivity index (χ0) is 31.2. The van der Waals surface area contributed by atoms with Gasteiger partial charge in [-0.25, -0.2) is 14.8 Å². The average molecular weight is 613 g/mol. The Hall–Kier alpha value is -2.68. The third-order valence-electron chi connectivity index (χ3n) is 7.51. The molecular formula is C28H48N6O7S. The molecule has 0 bridgehead atoms. The minimum atomic E-state index is -2.69. The van der Waals surface area contributed by atoms with Crippen LogP contribution in [0, 0.1) is 11.8 Å². The Labute approximate surface area is 250 Å². The zero-order valence-electron chi connectivity index (χ0n) is 25.7. The third-order valence-corrected chi connectivity index (χ3v) is 9.18. The van der Waals surface area contributed by atoms with Gasteiger partial charge in [-0.2, -0.15) is 10.6 Å². The summed E-state index contributed by atoms with van der Waals surface area (Å²) in [5.41, 5.74) is -0.0550. The van der Waals surface area contributed by atoms with Gasteiger partial charge in [0.15, 0.2) is 0 Å². The normalized spacial score (nSPS) is 21.6. The summed E-state index contributed by atoms with van der Waals surface area (Å²) in [4.78, 5) is 53.6. The number of amides is 3. The number of hydrogen-bond donors (Lipinski definition) is 4. The lowest BCUT2D eigenvalue weighted by atomic mass is 9.91. The maximum Gasteiger partial charge on any atom is 0.407 e. The van der Waals surface area contributed by atoms with Crippen LogP contribution in [0.15, 0.2) is 6.20 Å². The Morgan fingerprint density at radius 3 is 2.40 bits per heavy atom. The molecule has 0 radical (unpaired) electrons. The maximum absolute atomic E-state index is 14.2. The molecular weight excluding hydrogens is 564 g/mol. The smallest absolute Gasteiger partial charge is 0.407 e. The quantitative estimate of drug-likeness (QED) is 0.288. The number of nitrogens with zero attached hydrogens (tertiary/aromatic N) is 5. The van der Waals surface area contributed by atoms with Crippen LogP contribution in [0.25, 0.3) is 0 Å². The van der Waals surface area contributed by atoms with Crippen LogP contribution in [0.2, 0.25) is 0 Å². The van der Waals surface area contributed by atoms with Gasteiger partial charge in [0.05, 0.1) is 23.5 Å². The highest BCUT2D eigenvalue weighted by Crippen LogP contribution is 2.40. The second-order valence-corrected chi connectivity index (χ2v) is 15.1. The second kappa shape index (κ2) is 14.2. The van der Waals surface area contributed by atoms with Gasteiger partial charge in [-0.3, -0.25) is 18.7 Å². The van der Waals surface area contributed by atoms with E-state index in [-0.39, 0.29) is 66.4 Å². The highest BCUT2D eigenvalue weighted by molar-refractivity contribution is 8.24. The first kappa shape index (κ1) is 33.8. The molecule has 13 nitrogen and oxygen atoms in total. The number of aromatic nitrogens is 2. The predicted octanol–water partition coefficient (Wildman–Crippen LogP) is 3.28. The van der Waals surface area contributed by atoms with Crippen LogP contribution in [0.5, 0.6) is 0 Å². The summed E-state index contributed by atoms with van der Waals surface area (Å²) in [6.45, 7) is 11.9. The number of anilines is 1. The van der Waals surface area contributed by atoms with Crippen LogP contribution in [0.4, 0.5) is 10.6 Å². The highest BCUT2D eigenvalue weighted by Gasteiger charge is 2.41. The molecule has 0 unspecified atom stereocenters. The molecule has 3 heterocycles. The van der Waals surface area contributed by atoms with Crippen molar-refractivity contribution in [2.45, 2.75) is 58.9 Å². The minimum Gasteiger partial charge on any atom is -0.465 e.